The Hall–Kier alpha value is -4.81. The van der Waals surface area contributed by atoms with Crippen LogP contribution in [0, 0.1) is 10.1 Å². The fourth-order valence-electron chi connectivity index (χ4n) is 3.08. The first-order chi connectivity index (χ1) is 16.3. The van der Waals surface area contributed by atoms with Gasteiger partial charge in [-0.15, -0.1) is 0 Å². The summed E-state index contributed by atoms with van der Waals surface area (Å²) in [6.45, 7) is 1.42. The molecule has 0 saturated carbocycles. The maximum Gasteiger partial charge on any atom is 0.311 e. The van der Waals surface area contributed by atoms with Crippen molar-refractivity contribution >= 4 is 34.2 Å². The van der Waals surface area contributed by atoms with Crippen molar-refractivity contribution in [3.05, 3.63) is 74.2 Å². The third-order valence-corrected chi connectivity index (χ3v) is 4.75. The minimum Gasteiger partial charge on any atom is -0.490 e. The molecule has 1 heterocycles. The van der Waals surface area contributed by atoms with Gasteiger partial charge in [-0.05, 0) is 25.1 Å². The van der Waals surface area contributed by atoms with Crippen molar-refractivity contribution in [2.24, 2.45) is 0 Å². The molecule has 2 aromatic carbocycles. The lowest BCUT2D eigenvalue weighted by Crippen LogP contribution is -2.47. The number of aryl methyl sites for hydroxylation is 1. The zero-order chi connectivity index (χ0) is 24.8. The van der Waals surface area contributed by atoms with Crippen LogP contribution in [0.25, 0.3) is 10.8 Å². The molecule has 0 radical (unpaired) electrons. The van der Waals surface area contributed by atoms with Crippen LogP contribution >= 0.6 is 0 Å². The number of nitrogens with zero attached hydrogens (tertiary/aromatic N) is 3. The first kappa shape index (κ1) is 23.8. The minimum atomic E-state index is -0.766. The normalized spacial score (nSPS) is 10.4. The van der Waals surface area contributed by atoms with Crippen molar-refractivity contribution in [3.8, 4) is 5.75 Å². The molecule has 0 saturated heterocycles. The van der Waals surface area contributed by atoms with E-state index in [0.717, 1.165) is 10.7 Å². The Bertz CT molecular complexity index is 1350. The summed E-state index contributed by atoms with van der Waals surface area (Å²) in [6, 6.07) is 10.0. The minimum absolute atomic E-state index is 0.0162. The number of nitro benzene ring substituents is 1. The van der Waals surface area contributed by atoms with E-state index in [1.165, 1.54) is 19.2 Å². The van der Waals surface area contributed by atoms with Crippen molar-refractivity contribution in [1.82, 2.24) is 25.9 Å². The molecule has 34 heavy (non-hydrogen) atoms. The zero-order valence-electron chi connectivity index (χ0n) is 18.2. The Kier molecular flexibility index (Phi) is 7.16. The van der Waals surface area contributed by atoms with Crippen LogP contribution in [0.4, 0.5) is 5.69 Å². The number of carbonyl (C=O) groups is 3. The van der Waals surface area contributed by atoms with Gasteiger partial charge in [0.1, 0.15) is 0 Å². The van der Waals surface area contributed by atoms with Crippen molar-refractivity contribution in [3.63, 3.8) is 0 Å². The van der Waals surface area contributed by atoms with E-state index in [4.69, 9.17) is 4.74 Å². The number of hydrazine groups is 1. The molecule has 3 amide bonds. The summed E-state index contributed by atoms with van der Waals surface area (Å²) >= 11 is 0. The molecule has 0 unspecified atom stereocenters. The molecule has 0 fully saturated rings. The van der Waals surface area contributed by atoms with Gasteiger partial charge in [-0.2, -0.15) is 5.10 Å². The van der Waals surface area contributed by atoms with E-state index < -0.39 is 34.9 Å². The van der Waals surface area contributed by atoms with Crippen molar-refractivity contribution in [2.75, 3.05) is 13.7 Å². The van der Waals surface area contributed by atoms with Crippen LogP contribution in [0.15, 0.2) is 47.3 Å². The third-order valence-electron chi connectivity index (χ3n) is 4.75. The average Bonchev–Trinajstić information content (AvgIpc) is 2.85. The number of nitrogens with one attached hydrogen (secondary N) is 3. The van der Waals surface area contributed by atoms with Gasteiger partial charge in [0.25, 0.3) is 23.3 Å². The molecule has 13 nitrogen and oxygen atoms in total. The van der Waals surface area contributed by atoms with E-state index >= 15 is 0 Å². The standard InChI is InChI=1S/C21H20N6O7/c1-3-26-21(31)14-7-5-4-6-13(14)18(25-26)20(30)24-23-17(28)11-22-19(29)12-8-9-16(34-2)15(10-12)27(32)33/h4-10H,3,11H2,1-2H3,(H,22,29)(H,23,28)(H,24,30). The number of rotatable bonds is 7. The molecule has 0 aliphatic heterocycles. The number of amides is 3. The summed E-state index contributed by atoms with van der Waals surface area (Å²) in [6.07, 6.45) is 0. The van der Waals surface area contributed by atoms with Gasteiger partial charge in [-0.25, -0.2) is 4.68 Å². The first-order valence-electron chi connectivity index (χ1n) is 9.96. The van der Waals surface area contributed by atoms with Crippen molar-refractivity contribution < 1.29 is 24.0 Å². The maximum atomic E-state index is 12.6. The van der Waals surface area contributed by atoms with E-state index in [2.05, 4.69) is 21.3 Å². The van der Waals surface area contributed by atoms with Gasteiger partial charge in [-0.1, -0.05) is 18.2 Å². The first-order valence-corrected chi connectivity index (χ1v) is 9.96. The van der Waals surface area contributed by atoms with Crippen molar-refractivity contribution in [2.45, 2.75) is 13.5 Å². The van der Waals surface area contributed by atoms with Gasteiger partial charge in [0.2, 0.25) is 0 Å². The molecule has 13 heteroatoms. The van der Waals surface area contributed by atoms with Gasteiger partial charge < -0.3 is 10.1 Å². The number of fused-ring (bicyclic) bond motifs is 1. The third kappa shape index (κ3) is 4.98. The Morgan fingerprint density at radius 3 is 2.44 bits per heavy atom. The lowest BCUT2D eigenvalue weighted by Gasteiger charge is -2.11. The van der Waals surface area contributed by atoms with Crippen LogP contribution in [-0.4, -0.2) is 46.1 Å². The molecular formula is C21H20N6O7. The van der Waals surface area contributed by atoms with Crippen LogP contribution in [0.1, 0.15) is 27.8 Å². The maximum absolute atomic E-state index is 12.6. The van der Waals surface area contributed by atoms with Crippen LogP contribution < -0.4 is 26.5 Å². The van der Waals surface area contributed by atoms with Crippen molar-refractivity contribution in [1.29, 1.82) is 0 Å². The fraction of sp³-hybridized carbons (Fsp3) is 0.190. The Morgan fingerprint density at radius 2 is 1.79 bits per heavy atom. The smallest absolute Gasteiger partial charge is 0.311 e. The number of nitro groups is 1. The number of hydrogen-bond acceptors (Lipinski definition) is 8. The SMILES string of the molecule is CCn1nc(C(=O)NNC(=O)CNC(=O)c2ccc(OC)c([N+](=O)[O-])c2)c2ccccc2c1=O. The molecule has 176 valence electrons. The van der Waals surface area contributed by atoms with Gasteiger partial charge in [0.05, 0.1) is 24.0 Å². The average molecular weight is 468 g/mol. The molecule has 0 spiro atoms. The number of ether oxygens (including phenoxy) is 1. The Balaban J connectivity index is 1.64. The molecule has 0 aliphatic rings. The van der Waals surface area contributed by atoms with Gasteiger partial charge in [0.15, 0.2) is 11.4 Å². The summed E-state index contributed by atoms with van der Waals surface area (Å²) in [7, 11) is 1.26. The molecule has 3 aromatic rings. The second kappa shape index (κ2) is 10.2. The van der Waals surface area contributed by atoms with E-state index in [-0.39, 0.29) is 29.1 Å². The number of aromatic nitrogens is 2. The Morgan fingerprint density at radius 1 is 1.09 bits per heavy atom. The summed E-state index contributed by atoms with van der Waals surface area (Å²) < 4.78 is 6.01. The van der Waals surface area contributed by atoms with Crippen LogP contribution in [-0.2, 0) is 11.3 Å². The molecular weight excluding hydrogens is 448 g/mol. The van der Waals surface area contributed by atoms with Crippen LogP contribution in [0.5, 0.6) is 5.75 Å². The molecule has 3 N–H and O–H groups in total. The quantitative estimate of drug-likeness (QED) is 0.332. The van der Waals surface area contributed by atoms with Crippen LogP contribution in [0.2, 0.25) is 0 Å². The zero-order valence-corrected chi connectivity index (χ0v) is 18.2. The van der Waals surface area contributed by atoms with E-state index in [0.29, 0.717) is 10.8 Å². The lowest BCUT2D eigenvalue weighted by molar-refractivity contribution is -0.385. The molecule has 0 bridgehead atoms. The number of hydrogen-bond donors (Lipinski definition) is 3. The van der Waals surface area contributed by atoms with Gasteiger partial charge in [0, 0.05) is 23.6 Å². The Labute approximate surface area is 191 Å². The number of methoxy groups -OCH3 is 1. The van der Waals surface area contributed by atoms with Gasteiger partial charge >= 0.3 is 5.69 Å². The number of carbonyl (C=O) groups excluding carboxylic acids is 3. The second-order valence-electron chi connectivity index (χ2n) is 6.84. The van der Waals surface area contributed by atoms with E-state index in [9.17, 15) is 29.3 Å². The second-order valence-corrected chi connectivity index (χ2v) is 6.84. The predicted octanol–water partition coefficient (Wildman–Crippen LogP) is 0.524. The lowest BCUT2D eigenvalue weighted by atomic mass is 10.1. The largest absolute Gasteiger partial charge is 0.490 e. The monoisotopic (exact) mass is 468 g/mol. The van der Waals surface area contributed by atoms with Gasteiger partial charge in [-0.3, -0.25) is 40.1 Å². The predicted molar refractivity (Wildman–Crippen MR) is 119 cm³/mol. The molecule has 3 rings (SSSR count). The highest BCUT2D eigenvalue weighted by molar-refractivity contribution is 6.05. The molecule has 0 aliphatic carbocycles. The topological polar surface area (TPSA) is 175 Å². The highest BCUT2D eigenvalue weighted by Gasteiger charge is 2.19. The molecule has 0 atom stereocenters. The highest BCUT2D eigenvalue weighted by atomic mass is 16.6. The summed E-state index contributed by atoms with van der Waals surface area (Å²) in [5.74, 6) is -2.28. The summed E-state index contributed by atoms with van der Waals surface area (Å²) in [4.78, 5) is 59.7. The van der Waals surface area contributed by atoms with Crippen LogP contribution in [0.3, 0.4) is 0 Å². The molecule has 1 aromatic heterocycles. The number of benzene rings is 2. The van der Waals surface area contributed by atoms with E-state index in [1.807, 2.05) is 0 Å². The summed E-state index contributed by atoms with van der Waals surface area (Å²) in [5, 5.41) is 18.1. The van der Waals surface area contributed by atoms with E-state index in [1.54, 1.807) is 31.2 Å². The summed E-state index contributed by atoms with van der Waals surface area (Å²) in [5.41, 5.74) is 3.47. The fourth-order valence-corrected chi connectivity index (χ4v) is 3.08. The highest BCUT2D eigenvalue weighted by Crippen LogP contribution is 2.27.